The molecule has 0 amide bonds. The van der Waals surface area contributed by atoms with E-state index in [2.05, 4.69) is 50.3 Å². The molecule has 0 aromatic heterocycles. The highest BCUT2D eigenvalue weighted by molar-refractivity contribution is 5.95. The summed E-state index contributed by atoms with van der Waals surface area (Å²) in [6.45, 7) is 5.93. The van der Waals surface area contributed by atoms with Crippen molar-refractivity contribution in [3.63, 3.8) is 0 Å². The standard InChI is InChI=1S/C28H37NO2/c1-27-14-12-20(30)16-19(27)8-9-21-22-10-11-24(28(22,2)15-13-23(21)27)25-17-29-26(31-25)18-6-4-3-5-7-18/h3-8,20-25,30H,9-17H2,1-2H3/t20-,21-,22-,23-,24+,25-,27-,28-/m0/s1. The van der Waals surface area contributed by atoms with E-state index in [9.17, 15) is 5.11 Å². The smallest absolute Gasteiger partial charge is 0.216 e. The number of nitrogens with zero attached hydrogens (tertiary/aromatic N) is 1. The minimum atomic E-state index is -0.112. The van der Waals surface area contributed by atoms with Crippen LogP contribution < -0.4 is 0 Å². The molecule has 5 aliphatic rings. The molecule has 1 N–H and O–H groups in total. The van der Waals surface area contributed by atoms with Gasteiger partial charge in [0, 0.05) is 11.5 Å². The summed E-state index contributed by atoms with van der Waals surface area (Å²) in [6.07, 6.45) is 12.3. The Morgan fingerprint density at radius 2 is 1.77 bits per heavy atom. The zero-order chi connectivity index (χ0) is 21.2. The Hall–Kier alpha value is -1.61. The van der Waals surface area contributed by atoms with E-state index in [1.54, 1.807) is 5.57 Å². The molecule has 1 aromatic rings. The minimum absolute atomic E-state index is 0.112. The van der Waals surface area contributed by atoms with Crippen molar-refractivity contribution in [2.75, 3.05) is 6.54 Å². The Bertz CT molecular complexity index is 907. The number of benzene rings is 1. The second-order valence-corrected chi connectivity index (χ2v) is 11.6. The molecule has 0 bridgehead atoms. The van der Waals surface area contributed by atoms with Gasteiger partial charge in [-0.1, -0.05) is 43.7 Å². The summed E-state index contributed by atoms with van der Waals surface area (Å²) in [5, 5.41) is 10.2. The van der Waals surface area contributed by atoms with Gasteiger partial charge < -0.3 is 9.84 Å². The van der Waals surface area contributed by atoms with Crippen molar-refractivity contribution in [3.05, 3.63) is 47.5 Å². The van der Waals surface area contributed by atoms with Crippen molar-refractivity contribution >= 4 is 5.90 Å². The first-order valence-electron chi connectivity index (χ1n) is 12.6. The van der Waals surface area contributed by atoms with Gasteiger partial charge in [-0.2, -0.15) is 0 Å². The van der Waals surface area contributed by atoms with E-state index < -0.39 is 0 Å². The molecule has 1 aliphatic heterocycles. The second kappa shape index (κ2) is 7.20. The van der Waals surface area contributed by atoms with E-state index >= 15 is 0 Å². The Balaban J connectivity index is 1.22. The number of fused-ring (bicyclic) bond motifs is 5. The van der Waals surface area contributed by atoms with Crippen molar-refractivity contribution in [2.24, 2.45) is 39.5 Å². The molecule has 4 aliphatic carbocycles. The van der Waals surface area contributed by atoms with Crippen molar-refractivity contribution in [1.29, 1.82) is 0 Å². The summed E-state index contributed by atoms with van der Waals surface area (Å²) < 4.78 is 6.51. The fourth-order valence-electron chi connectivity index (χ4n) is 8.63. The zero-order valence-corrected chi connectivity index (χ0v) is 19.1. The van der Waals surface area contributed by atoms with E-state index in [0.29, 0.717) is 16.7 Å². The lowest BCUT2D eigenvalue weighted by atomic mass is 9.47. The van der Waals surface area contributed by atoms with Gasteiger partial charge in [0.05, 0.1) is 12.6 Å². The van der Waals surface area contributed by atoms with Gasteiger partial charge in [-0.25, -0.2) is 4.99 Å². The molecule has 0 unspecified atom stereocenters. The number of ether oxygens (including phenoxy) is 1. The number of rotatable bonds is 2. The lowest BCUT2D eigenvalue weighted by molar-refractivity contribution is -0.0646. The van der Waals surface area contributed by atoms with Crippen molar-refractivity contribution in [1.82, 2.24) is 0 Å². The number of aliphatic hydroxyl groups is 1. The Kier molecular flexibility index (Phi) is 4.65. The highest BCUT2D eigenvalue weighted by atomic mass is 16.5. The van der Waals surface area contributed by atoms with Gasteiger partial charge in [-0.15, -0.1) is 0 Å². The Morgan fingerprint density at radius 3 is 2.61 bits per heavy atom. The fourth-order valence-corrected chi connectivity index (χ4v) is 8.63. The normalized spacial score (nSPS) is 46.3. The summed E-state index contributed by atoms with van der Waals surface area (Å²) >= 11 is 0. The molecule has 0 spiro atoms. The van der Waals surface area contributed by atoms with E-state index in [0.717, 1.165) is 48.6 Å². The van der Waals surface area contributed by atoms with Crippen LogP contribution in [0.1, 0.15) is 70.8 Å². The molecular weight excluding hydrogens is 382 g/mol. The topological polar surface area (TPSA) is 41.8 Å². The first-order valence-corrected chi connectivity index (χ1v) is 12.6. The van der Waals surface area contributed by atoms with Crippen LogP contribution in [0.4, 0.5) is 0 Å². The maximum atomic E-state index is 10.2. The van der Waals surface area contributed by atoms with Crippen molar-refractivity contribution < 1.29 is 9.84 Å². The van der Waals surface area contributed by atoms with E-state index in [1.807, 2.05) is 0 Å². The van der Waals surface area contributed by atoms with Crippen LogP contribution in [0, 0.1) is 34.5 Å². The number of aliphatic imine (C=N–C) groups is 1. The zero-order valence-electron chi connectivity index (χ0n) is 19.1. The maximum absolute atomic E-state index is 10.2. The number of hydrogen-bond donors (Lipinski definition) is 1. The van der Waals surface area contributed by atoms with Crippen LogP contribution in [0.25, 0.3) is 0 Å². The van der Waals surface area contributed by atoms with Crippen LogP contribution in [0.5, 0.6) is 0 Å². The summed E-state index contributed by atoms with van der Waals surface area (Å²) in [7, 11) is 0. The average Bonchev–Trinajstić information content (AvgIpc) is 3.39. The minimum Gasteiger partial charge on any atom is -0.472 e. The molecule has 3 fully saturated rings. The van der Waals surface area contributed by atoms with Gasteiger partial charge in [0.2, 0.25) is 5.90 Å². The third-order valence-electron chi connectivity index (χ3n) is 10.3. The lowest BCUT2D eigenvalue weighted by Crippen LogP contribution is -2.51. The molecule has 3 saturated carbocycles. The van der Waals surface area contributed by atoms with Gasteiger partial charge in [0.15, 0.2) is 0 Å². The van der Waals surface area contributed by atoms with Crippen LogP contribution in [-0.4, -0.2) is 29.8 Å². The predicted octanol–water partition coefficient (Wildman–Crippen LogP) is 5.77. The number of hydrogen-bond acceptors (Lipinski definition) is 3. The largest absolute Gasteiger partial charge is 0.472 e. The van der Waals surface area contributed by atoms with Crippen LogP contribution in [0.3, 0.4) is 0 Å². The molecule has 0 saturated heterocycles. The van der Waals surface area contributed by atoms with Gasteiger partial charge in [-0.05, 0) is 92.1 Å². The molecule has 3 nitrogen and oxygen atoms in total. The molecule has 166 valence electrons. The lowest BCUT2D eigenvalue weighted by Gasteiger charge is -2.58. The summed E-state index contributed by atoms with van der Waals surface area (Å²) in [5.41, 5.74) is 3.40. The quantitative estimate of drug-likeness (QED) is 0.618. The molecule has 6 rings (SSSR count). The number of allylic oxidation sites excluding steroid dienone is 1. The van der Waals surface area contributed by atoms with E-state index in [-0.39, 0.29) is 12.2 Å². The molecule has 3 heteroatoms. The first kappa shape index (κ1) is 20.0. The van der Waals surface area contributed by atoms with Crippen LogP contribution >= 0.6 is 0 Å². The van der Waals surface area contributed by atoms with Crippen LogP contribution in [0.15, 0.2) is 47.0 Å². The second-order valence-electron chi connectivity index (χ2n) is 11.6. The third-order valence-corrected chi connectivity index (χ3v) is 10.3. The van der Waals surface area contributed by atoms with Gasteiger partial charge >= 0.3 is 0 Å². The first-order chi connectivity index (χ1) is 15.0. The molecule has 31 heavy (non-hydrogen) atoms. The average molecular weight is 420 g/mol. The third kappa shape index (κ3) is 2.98. The molecule has 8 atom stereocenters. The van der Waals surface area contributed by atoms with Crippen LogP contribution in [0.2, 0.25) is 0 Å². The fraction of sp³-hybridized carbons (Fsp3) is 0.679. The van der Waals surface area contributed by atoms with Gasteiger partial charge in [-0.3, -0.25) is 0 Å². The Labute approximate surface area is 187 Å². The summed E-state index contributed by atoms with van der Waals surface area (Å²) in [5.74, 6) is 3.89. The number of aliphatic hydroxyl groups excluding tert-OH is 1. The monoisotopic (exact) mass is 419 g/mol. The van der Waals surface area contributed by atoms with E-state index in [1.165, 1.54) is 38.5 Å². The van der Waals surface area contributed by atoms with Gasteiger partial charge in [0.25, 0.3) is 0 Å². The van der Waals surface area contributed by atoms with Crippen molar-refractivity contribution in [2.45, 2.75) is 77.4 Å². The molecular formula is C28H37NO2. The summed E-state index contributed by atoms with van der Waals surface area (Å²) in [6, 6.07) is 10.4. The molecule has 0 radical (unpaired) electrons. The highest BCUT2D eigenvalue weighted by Gasteiger charge is 2.60. The van der Waals surface area contributed by atoms with Crippen molar-refractivity contribution in [3.8, 4) is 0 Å². The van der Waals surface area contributed by atoms with Crippen LogP contribution in [-0.2, 0) is 4.74 Å². The highest BCUT2D eigenvalue weighted by Crippen LogP contribution is 2.66. The summed E-state index contributed by atoms with van der Waals surface area (Å²) in [4.78, 5) is 4.82. The SMILES string of the molecule is C[C@]12CC[C@H]3[C@@H](CC=C4C[C@@H](O)CC[C@@]43C)[C@@H]1CC[C@@H]2[C@@H]1CN=C(c2ccccc2)O1. The predicted molar refractivity (Wildman–Crippen MR) is 124 cm³/mol. The molecule has 1 aromatic carbocycles. The maximum Gasteiger partial charge on any atom is 0.216 e. The molecule has 1 heterocycles. The van der Waals surface area contributed by atoms with E-state index in [4.69, 9.17) is 9.73 Å². The van der Waals surface area contributed by atoms with Gasteiger partial charge in [0.1, 0.15) is 6.10 Å². The Morgan fingerprint density at radius 1 is 0.968 bits per heavy atom.